The molecule has 276 valence electrons. The van der Waals surface area contributed by atoms with Crippen LogP contribution in [-0.4, -0.2) is 103 Å². The number of amides is 5. The van der Waals surface area contributed by atoms with Gasteiger partial charge in [-0.1, -0.05) is 58.3 Å². The summed E-state index contributed by atoms with van der Waals surface area (Å²) in [4.78, 5) is 69.7. The summed E-state index contributed by atoms with van der Waals surface area (Å²) in [5.41, 5.74) is -1.56. The van der Waals surface area contributed by atoms with Gasteiger partial charge in [0.15, 0.2) is 0 Å². The third-order valence-corrected chi connectivity index (χ3v) is 14.3. The van der Waals surface area contributed by atoms with Gasteiger partial charge in [-0.25, -0.2) is 17.5 Å². The van der Waals surface area contributed by atoms with Gasteiger partial charge in [-0.05, 0) is 76.0 Å². The standard InChI is InChI=1S/C35H58N6O7S/c1-23(49(47,48)40(3)4)35(19-9-6-10-20-35)39-33(46)38-29(34(2)17-7-5-8-18-34)32(45)41-21-11-12-27(41)30(43)37-26(22-24-13-14-24)28(42)31(44)36-25-15-16-25/h23-27,29H,5-22H2,1-4H3,(H,36,44)(H,37,43)(H2,38,39,46)/t23-,26+,27+,29-/m1/s1. The van der Waals surface area contributed by atoms with Crippen molar-refractivity contribution in [2.75, 3.05) is 20.6 Å². The summed E-state index contributed by atoms with van der Waals surface area (Å²) in [6.07, 6.45) is 12.8. The highest BCUT2D eigenvalue weighted by atomic mass is 32.2. The van der Waals surface area contributed by atoms with Gasteiger partial charge >= 0.3 is 6.03 Å². The molecule has 0 aromatic heterocycles. The van der Waals surface area contributed by atoms with E-state index in [-0.39, 0.29) is 17.9 Å². The Hall–Kier alpha value is -2.74. The second kappa shape index (κ2) is 15.2. The number of hydrogen-bond acceptors (Lipinski definition) is 7. The van der Waals surface area contributed by atoms with Crippen LogP contribution in [0.15, 0.2) is 0 Å². The van der Waals surface area contributed by atoms with Gasteiger partial charge in [0.05, 0.1) is 16.8 Å². The van der Waals surface area contributed by atoms with Crippen LogP contribution in [0.1, 0.15) is 123 Å². The van der Waals surface area contributed by atoms with Gasteiger partial charge in [-0.3, -0.25) is 19.2 Å². The highest BCUT2D eigenvalue weighted by molar-refractivity contribution is 7.89. The largest absolute Gasteiger partial charge is 0.347 e. The normalized spacial score (nSPS) is 25.5. The number of ketones is 1. The maximum atomic E-state index is 14.6. The van der Waals surface area contributed by atoms with Crippen molar-refractivity contribution < 1.29 is 32.4 Å². The molecule has 49 heavy (non-hydrogen) atoms. The van der Waals surface area contributed by atoms with E-state index >= 15 is 0 Å². The molecule has 1 heterocycles. The van der Waals surface area contributed by atoms with E-state index in [2.05, 4.69) is 21.3 Å². The number of rotatable bonds is 14. The van der Waals surface area contributed by atoms with Gasteiger partial charge in [-0.15, -0.1) is 0 Å². The van der Waals surface area contributed by atoms with Crippen LogP contribution < -0.4 is 21.3 Å². The minimum Gasteiger partial charge on any atom is -0.347 e. The summed E-state index contributed by atoms with van der Waals surface area (Å²) in [6.45, 7) is 3.99. The lowest BCUT2D eigenvalue weighted by Gasteiger charge is -2.45. The van der Waals surface area contributed by atoms with Gasteiger partial charge in [-0.2, -0.15) is 0 Å². The Bertz CT molecular complexity index is 1370. The average Bonchev–Trinajstić information content (AvgIpc) is 4.01. The van der Waals surface area contributed by atoms with Crippen molar-refractivity contribution in [1.82, 2.24) is 30.5 Å². The van der Waals surface area contributed by atoms with E-state index in [1.165, 1.54) is 18.4 Å². The lowest BCUT2D eigenvalue weighted by molar-refractivity contribution is -0.144. The Balaban J connectivity index is 1.33. The van der Waals surface area contributed by atoms with Crippen LogP contribution in [0.4, 0.5) is 4.79 Å². The second-order valence-corrected chi connectivity index (χ2v) is 18.4. The molecule has 14 heteroatoms. The zero-order valence-corrected chi connectivity index (χ0v) is 30.7. The summed E-state index contributed by atoms with van der Waals surface area (Å²) >= 11 is 0. The number of urea groups is 1. The fraction of sp³-hybridized carbons (Fsp3) is 0.857. The summed E-state index contributed by atoms with van der Waals surface area (Å²) in [6, 6.07) is -3.27. The molecular weight excluding hydrogens is 648 g/mol. The fourth-order valence-electron chi connectivity index (χ4n) is 8.29. The molecule has 0 bridgehead atoms. The summed E-state index contributed by atoms with van der Waals surface area (Å²) in [5.74, 6) is -1.83. The lowest BCUT2D eigenvalue weighted by atomic mass is 9.70. The van der Waals surface area contributed by atoms with Crippen molar-refractivity contribution in [2.45, 2.75) is 158 Å². The van der Waals surface area contributed by atoms with E-state index in [9.17, 15) is 32.4 Å². The zero-order valence-electron chi connectivity index (χ0n) is 29.9. The van der Waals surface area contributed by atoms with Crippen molar-refractivity contribution in [1.29, 1.82) is 0 Å². The molecule has 13 nitrogen and oxygen atoms in total. The number of hydrogen-bond donors (Lipinski definition) is 4. The number of nitrogens with zero attached hydrogens (tertiary/aromatic N) is 2. The molecule has 0 aromatic rings. The van der Waals surface area contributed by atoms with E-state index in [0.717, 1.165) is 77.0 Å². The Morgan fingerprint density at radius 2 is 1.45 bits per heavy atom. The minimum absolute atomic E-state index is 0.0213. The van der Waals surface area contributed by atoms with Gasteiger partial charge in [0, 0.05) is 26.7 Å². The molecule has 4 aliphatic carbocycles. The topological polar surface area (TPSA) is 174 Å². The van der Waals surface area contributed by atoms with Gasteiger partial charge in [0.2, 0.25) is 27.6 Å². The molecule has 5 aliphatic rings. The molecule has 5 fully saturated rings. The maximum Gasteiger partial charge on any atom is 0.315 e. The van der Waals surface area contributed by atoms with Crippen molar-refractivity contribution in [3.05, 3.63) is 0 Å². The summed E-state index contributed by atoms with van der Waals surface area (Å²) < 4.78 is 27.8. The monoisotopic (exact) mass is 706 g/mol. The van der Waals surface area contributed by atoms with Gasteiger partial charge in [0.1, 0.15) is 12.1 Å². The maximum absolute atomic E-state index is 14.6. The Labute approximate surface area is 291 Å². The summed E-state index contributed by atoms with van der Waals surface area (Å²) in [5, 5.41) is 10.8. The highest BCUT2D eigenvalue weighted by Crippen LogP contribution is 2.41. The molecule has 1 aliphatic heterocycles. The van der Waals surface area contributed by atoms with Crippen molar-refractivity contribution in [2.24, 2.45) is 11.3 Å². The Morgan fingerprint density at radius 3 is 2.02 bits per heavy atom. The summed E-state index contributed by atoms with van der Waals surface area (Å²) in [7, 11) is -0.701. The second-order valence-electron chi connectivity index (χ2n) is 16.0. The zero-order chi connectivity index (χ0) is 35.6. The molecule has 4 saturated carbocycles. The third kappa shape index (κ3) is 8.77. The predicted octanol–water partition coefficient (Wildman–Crippen LogP) is 2.73. The molecular formula is C35H58N6O7S. The van der Waals surface area contributed by atoms with E-state index in [1.807, 2.05) is 6.92 Å². The third-order valence-electron chi connectivity index (χ3n) is 11.9. The number of carbonyl (C=O) groups excluding carboxylic acids is 5. The molecule has 4 N–H and O–H groups in total. The number of sulfonamides is 1. The van der Waals surface area contributed by atoms with Crippen molar-refractivity contribution >= 4 is 39.6 Å². The van der Waals surface area contributed by atoms with Crippen LogP contribution in [0, 0.1) is 11.3 Å². The SMILES string of the molecule is C[C@H](C1(NC(=O)N[C@H](C(=O)N2CCC[C@H]2C(=O)N[C@@H](CC2CC2)C(=O)C(=O)NC2CC2)C2(C)CCCCC2)CCCCC1)S(=O)(=O)N(C)C. The lowest BCUT2D eigenvalue weighted by Crippen LogP contribution is -2.66. The first-order valence-corrected chi connectivity index (χ1v) is 20.1. The Kier molecular flexibility index (Phi) is 11.7. The number of Topliss-reactive ketones (excluding diaryl/α,β-unsaturated/α-hetero) is 1. The first-order valence-electron chi connectivity index (χ1n) is 18.6. The fourth-order valence-corrected chi connectivity index (χ4v) is 9.79. The van der Waals surface area contributed by atoms with Crippen LogP contribution in [0.25, 0.3) is 0 Å². The van der Waals surface area contributed by atoms with Crippen LogP contribution in [0.3, 0.4) is 0 Å². The van der Waals surface area contributed by atoms with E-state index in [1.54, 1.807) is 11.8 Å². The predicted molar refractivity (Wildman–Crippen MR) is 185 cm³/mol. The van der Waals surface area contributed by atoms with Crippen LogP contribution in [0.2, 0.25) is 0 Å². The van der Waals surface area contributed by atoms with Crippen LogP contribution in [-0.2, 0) is 29.2 Å². The van der Waals surface area contributed by atoms with E-state index < -0.39 is 68.0 Å². The molecule has 0 radical (unpaired) electrons. The number of carbonyl (C=O) groups is 5. The first-order chi connectivity index (χ1) is 23.2. The smallest absolute Gasteiger partial charge is 0.315 e. The van der Waals surface area contributed by atoms with Crippen molar-refractivity contribution in [3.8, 4) is 0 Å². The van der Waals surface area contributed by atoms with Crippen LogP contribution in [0.5, 0.6) is 0 Å². The average molecular weight is 707 g/mol. The molecule has 0 aromatic carbocycles. The number of nitrogens with one attached hydrogen (secondary N) is 4. The first kappa shape index (κ1) is 37.5. The van der Waals surface area contributed by atoms with Gasteiger partial charge in [0.25, 0.3) is 5.91 Å². The molecule has 0 unspecified atom stereocenters. The van der Waals surface area contributed by atoms with E-state index in [4.69, 9.17) is 0 Å². The quantitative estimate of drug-likeness (QED) is 0.201. The van der Waals surface area contributed by atoms with Gasteiger partial charge < -0.3 is 26.2 Å². The Morgan fingerprint density at radius 1 is 0.837 bits per heavy atom. The minimum atomic E-state index is -3.69. The molecule has 1 saturated heterocycles. The number of likely N-dealkylation sites (tertiary alicyclic amines) is 1. The molecule has 4 atom stereocenters. The van der Waals surface area contributed by atoms with E-state index in [0.29, 0.717) is 38.6 Å². The van der Waals surface area contributed by atoms with Crippen LogP contribution >= 0.6 is 0 Å². The molecule has 5 rings (SSSR count). The molecule has 5 amide bonds. The highest BCUT2D eigenvalue weighted by Gasteiger charge is 2.49. The molecule has 0 spiro atoms. The van der Waals surface area contributed by atoms with Crippen molar-refractivity contribution in [3.63, 3.8) is 0 Å².